The molecule has 4 nitrogen and oxygen atoms in total. The molecular weight excluding hydrogens is 576 g/mol. The summed E-state index contributed by atoms with van der Waals surface area (Å²) in [5.41, 5.74) is 7.05. The van der Waals surface area contributed by atoms with Crippen molar-refractivity contribution in [2.24, 2.45) is 0 Å². The highest BCUT2D eigenvalue weighted by molar-refractivity contribution is 6.18. The van der Waals surface area contributed by atoms with Crippen LogP contribution in [-0.2, 0) is 0 Å². The fraction of sp³-hybridized carbons (Fsp3) is 0.0233. The number of fused-ring (bicyclic) bond motifs is 10. The van der Waals surface area contributed by atoms with Crippen molar-refractivity contribution in [3.63, 3.8) is 0 Å². The molecule has 0 aliphatic carbocycles. The zero-order valence-corrected chi connectivity index (χ0v) is 25.4. The normalized spacial score (nSPS) is 14.1. The van der Waals surface area contributed by atoms with E-state index in [-0.39, 0.29) is 6.23 Å². The smallest absolute Gasteiger partial charge is 0.196 e. The van der Waals surface area contributed by atoms with E-state index >= 15 is 0 Å². The summed E-state index contributed by atoms with van der Waals surface area (Å²) < 4.78 is 13.0. The van der Waals surface area contributed by atoms with E-state index in [2.05, 4.69) is 150 Å². The molecule has 0 saturated heterocycles. The maximum absolute atomic E-state index is 6.67. The lowest BCUT2D eigenvalue weighted by molar-refractivity contribution is 0.262. The summed E-state index contributed by atoms with van der Waals surface area (Å²) in [6, 6.07) is 55.6. The van der Waals surface area contributed by atoms with E-state index in [1.165, 1.54) is 16.2 Å². The van der Waals surface area contributed by atoms with Gasteiger partial charge >= 0.3 is 0 Å². The largest absolute Gasteiger partial charge is 0.464 e. The van der Waals surface area contributed by atoms with Gasteiger partial charge in [-0.15, -0.1) is 0 Å². The highest BCUT2D eigenvalue weighted by Gasteiger charge is 2.28. The quantitative estimate of drug-likeness (QED) is 0.203. The average Bonchev–Trinajstić information content (AvgIpc) is 3.75. The first kappa shape index (κ1) is 26.0. The fourth-order valence-electron chi connectivity index (χ4n) is 7.23. The van der Waals surface area contributed by atoms with Crippen molar-refractivity contribution < 1.29 is 9.15 Å². The van der Waals surface area contributed by atoms with Gasteiger partial charge in [0.1, 0.15) is 11.2 Å². The van der Waals surface area contributed by atoms with Gasteiger partial charge in [-0.1, -0.05) is 103 Å². The van der Waals surface area contributed by atoms with E-state index in [9.17, 15) is 0 Å². The van der Waals surface area contributed by atoms with Gasteiger partial charge in [-0.3, -0.25) is 0 Å². The van der Waals surface area contributed by atoms with Crippen LogP contribution < -0.4 is 15.0 Å². The predicted octanol–water partition coefficient (Wildman–Crippen LogP) is 12.0. The van der Waals surface area contributed by atoms with E-state index in [1.54, 1.807) is 0 Å². The van der Waals surface area contributed by atoms with Crippen molar-refractivity contribution in [1.82, 2.24) is 0 Å². The van der Waals surface area contributed by atoms with Crippen molar-refractivity contribution in [2.75, 3.05) is 10.2 Å². The molecule has 0 saturated carbocycles. The number of hydrogen-bond acceptors (Lipinski definition) is 4. The number of nitrogens with one attached hydrogen (secondary N) is 1. The van der Waals surface area contributed by atoms with Gasteiger partial charge in [0.15, 0.2) is 12.0 Å². The summed E-state index contributed by atoms with van der Waals surface area (Å²) in [4.78, 5) is 2.33. The first-order valence-corrected chi connectivity index (χ1v) is 16.0. The Morgan fingerprint density at radius 1 is 0.447 bits per heavy atom. The zero-order chi connectivity index (χ0) is 30.9. The molecule has 8 aromatic carbocycles. The van der Waals surface area contributed by atoms with Crippen molar-refractivity contribution in [3.8, 4) is 5.75 Å². The zero-order valence-electron chi connectivity index (χ0n) is 25.4. The number of hydrogen-bond donors (Lipinski definition) is 1. The SMILES string of the molecule is c1ccc(C2Nc3c(c4ccc(N(c5ccc6ccccc6c5)c5ccc6c(c5)oc5ccccc56)cc4c4ccccc34)O2)cc1. The number of ether oxygens (including phenoxy) is 1. The van der Waals surface area contributed by atoms with Crippen LogP contribution in [0, 0.1) is 0 Å². The Kier molecular flexibility index (Phi) is 5.60. The Balaban J connectivity index is 1.19. The van der Waals surface area contributed by atoms with Crippen LogP contribution in [0.25, 0.3) is 54.3 Å². The van der Waals surface area contributed by atoms with Gasteiger partial charge in [0.25, 0.3) is 0 Å². The third-order valence-electron chi connectivity index (χ3n) is 9.44. The monoisotopic (exact) mass is 604 g/mol. The summed E-state index contributed by atoms with van der Waals surface area (Å²) >= 11 is 0. The van der Waals surface area contributed by atoms with Crippen LogP contribution in [0.15, 0.2) is 162 Å². The molecule has 10 rings (SSSR count). The van der Waals surface area contributed by atoms with Crippen LogP contribution in [0.5, 0.6) is 5.75 Å². The molecule has 0 fully saturated rings. The second kappa shape index (κ2) is 10.1. The summed E-state index contributed by atoms with van der Waals surface area (Å²) in [5.74, 6) is 0.889. The Morgan fingerprint density at radius 2 is 1.09 bits per heavy atom. The molecule has 47 heavy (non-hydrogen) atoms. The molecule has 4 heteroatoms. The molecular formula is C43H28N2O2. The van der Waals surface area contributed by atoms with Crippen LogP contribution in [0.1, 0.15) is 11.8 Å². The van der Waals surface area contributed by atoms with Crippen molar-refractivity contribution in [2.45, 2.75) is 6.23 Å². The van der Waals surface area contributed by atoms with Gasteiger partial charge in [0.2, 0.25) is 0 Å². The summed E-state index contributed by atoms with van der Waals surface area (Å²) in [5, 5.41) is 12.9. The Morgan fingerprint density at radius 3 is 1.96 bits per heavy atom. The third kappa shape index (κ3) is 4.08. The molecule has 0 spiro atoms. The second-order valence-corrected chi connectivity index (χ2v) is 12.2. The molecule has 0 radical (unpaired) electrons. The molecule has 222 valence electrons. The first-order chi connectivity index (χ1) is 23.3. The molecule has 1 aromatic heterocycles. The van der Waals surface area contributed by atoms with E-state index in [1.807, 2.05) is 18.2 Å². The minimum atomic E-state index is -0.246. The average molecular weight is 605 g/mol. The lowest BCUT2D eigenvalue weighted by Gasteiger charge is -2.26. The Labute approximate surface area is 271 Å². The molecule has 0 amide bonds. The van der Waals surface area contributed by atoms with Crippen molar-refractivity contribution >= 4 is 77.0 Å². The van der Waals surface area contributed by atoms with E-state index in [4.69, 9.17) is 9.15 Å². The Bertz CT molecular complexity index is 2660. The highest BCUT2D eigenvalue weighted by Crippen LogP contribution is 2.50. The van der Waals surface area contributed by atoms with Gasteiger partial charge in [-0.25, -0.2) is 0 Å². The van der Waals surface area contributed by atoms with E-state index < -0.39 is 0 Å². The molecule has 1 atom stereocenters. The lowest BCUT2D eigenvalue weighted by Crippen LogP contribution is -2.10. The van der Waals surface area contributed by atoms with Crippen LogP contribution >= 0.6 is 0 Å². The topological polar surface area (TPSA) is 37.6 Å². The maximum atomic E-state index is 6.67. The highest BCUT2D eigenvalue weighted by atomic mass is 16.5. The van der Waals surface area contributed by atoms with Crippen LogP contribution in [-0.4, -0.2) is 0 Å². The minimum Gasteiger partial charge on any atom is -0.464 e. The van der Waals surface area contributed by atoms with E-state index in [0.717, 1.165) is 72.2 Å². The third-order valence-corrected chi connectivity index (χ3v) is 9.44. The van der Waals surface area contributed by atoms with Gasteiger partial charge in [-0.2, -0.15) is 0 Å². The molecule has 1 N–H and O–H groups in total. The fourth-order valence-corrected chi connectivity index (χ4v) is 7.23. The number of nitrogens with zero attached hydrogens (tertiary/aromatic N) is 1. The van der Waals surface area contributed by atoms with Crippen molar-refractivity contribution in [3.05, 3.63) is 163 Å². The van der Waals surface area contributed by atoms with Crippen molar-refractivity contribution in [1.29, 1.82) is 0 Å². The lowest BCUT2D eigenvalue weighted by atomic mass is 9.98. The molecule has 2 heterocycles. The summed E-state index contributed by atoms with van der Waals surface area (Å²) in [6.07, 6.45) is -0.246. The molecule has 1 aliphatic rings. The molecule has 9 aromatic rings. The standard InChI is InChI=1S/C43H28N2O2/c1-2-11-28(12-3-1)43-44-41-36-16-7-6-14-33(36)38-25-31(21-23-37(38)42(41)47-43)45(30-19-18-27-10-4-5-13-29(27)24-30)32-20-22-35-34-15-8-9-17-39(34)46-40(35)26-32/h1-26,43-44H. The number of furan rings is 1. The molecule has 0 bridgehead atoms. The van der Waals surface area contributed by atoms with Gasteiger partial charge in [-0.05, 0) is 70.1 Å². The maximum Gasteiger partial charge on any atom is 0.196 e. The summed E-state index contributed by atoms with van der Waals surface area (Å²) in [7, 11) is 0. The van der Waals surface area contributed by atoms with Crippen LogP contribution in [0.3, 0.4) is 0 Å². The predicted molar refractivity (Wildman–Crippen MR) is 194 cm³/mol. The second-order valence-electron chi connectivity index (χ2n) is 12.2. The van der Waals surface area contributed by atoms with Gasteiger partial charge in [0.05, 0.1) is 5.69 Å². The number of anilines is 4. The first-order valence-electron chi connectivity index (χ1n) is 16.0. The number of rotatable bonds is 4. The van der Waals surface area contributed by atoms with Gasteiger partial charge in [0, 0.05) is 50.2 Å². The number of benzene rings is 8. The Hall–Kier alpha value is -6.26. The van der Waals surface area contributed by atoms with Crippen LogP contribution in [0.4, 0.5) is 22.7 Å². The van der Waals surface area contributed by atoms with Gasteiger partial charge < -0.3 is 19.4 Å². The van der Waals surface area contributed by atoms with Crippen LogP contribution in [0.2, 0.25) is 0 Å². The molecule has 1 aliphatic heterocycles. The summed E-state index contributed by atoms with van der Waals surface area (Å²) in [6.45, 7) is 0. The molecule has 1 unspecified atom stereocenters. The number of para-hydroxylation sites is 1. The minimum absolute atomic E-state index is 0.246. The van der Waals surface area contributed by atoms with E-state index in [0.29, 0.717) is 0 Å².